The number of aliphatic carboxylic acids is 1. The molecule has 7 heteroatoms. The maximum Gasteiger partial charge on any atom is 0.437 e. The van der Waals surface area contributed by atoms with E-state index in [1.807, 2.05) is 0 Å². The van der Waals surface area contributed by atoms with Crippen LogP contribution in [0.3, 0.4) is 0 Å². The number of alkyl halides is 4. The number of benzene rings is 1. The molecular formula is C9H6F4O3. The molecule has 0 saturated carbocycles. The number of rotatable bonds is 2. The number of halogens is 4. The molecule has 1 aromatic carbocycles. The van der Waals surface area contributed by atoms with Crippen LogP contribution in [-0.4, -0.2) is 22.4 Å². The fraction of sp³-hybridized carbons (Fsp3) is 0.222. The van der Waals surface area contributed by atoms with Crippen LogP contribution in [0.15, 0.2) is 24.3 Å². The summed E-state index contributed by atoms with van der Waals surface area (Å²) in [5.41, 5.74) is -5.56. The Bertz CT molecular complexity index is 398. The molecule has 16 heavy (non-hydrogen) atoms. The zero-order valence-electron chi connectivity index (χ0n) is 7.62. The molecule has 0 aliphatic carbocycles. The number of phenolic OH excluding ortho intramolecular Hbond substituents is 1. The summed E-state index contributed by atoms with van der Waals surface area (Å²) in [5, 5.41) is 17.1. The van der Waals surface area contributed by atoms with E-state index >= 15 is 0 Å². The van der Waals surface area contributed by atoms with E-state index in [4.69, 9.17) is 10.2 Å². The van der Waals surface area contributed by atoms with E-state index < -0.39 is 29.1 Å². The molecule has 1 aromatic rings. The average Bonchev–Trinajstić information content (AvgIpc) is 2.15. The van der Waals surface area contributed by atoms with Gasteiger partial charge in [-0.05, 0) is 12.1 Å². The predicted molar refractivity (Wildman–Crippen MR) is 44.6 cm³/mol. The molecule has 1 unspecified atom stereocenters. The van der Waals surface area contributed by atoms with E-state index in [0.29, 0.717) is 12.1 Å². The fourth-order valence-corrected chi connectivity index (χ4v) is 1.10. The third-order valence-corrected chi connectivity index (χ3v) is 1.95. The molecule has 0 aliphatic heterocycles. The highest BCUT2D eigenvalue weighted by Crippen LogP contribution is 2.43. The van der Waals surface area contributed by atoms with Crippen LogP contribution in [0.4, 0.5) is 17.6 Å². The van der Waals surface area contributed by atoms with Crippen molar-refractivity contribution >= 4 is 5.97 Å². The highest BCUT2D eigenvalue weighted by atomic mass is 19.4. The lowest BCUT2D eigenvalue weighted by Gasteiger charge is -2.23. The van der Waals surface area contributed by atoms with Crippen molar-refractivity contribution in [2.45, 2.75) is 11.8 Å². The Morgan fingerprint density at radius 2 is 1.50 bits per heavy atom. The van der Waals surface area contributed by atoms with Gasteiger partial charge in [0.1, 0.15) is 5.75 Å². The third kappa shape index (κ3) is 1.80. The van der Waals surface area contributed by atoms with Crippen LogP contribution in [0.5, 0.6) is 5.75 Å². The average molecular weight is 238 g/mol. The van der Waals surface area contributed by atoms with Crippen molar-refractivity contribution < 1.29 is 32.6 Å². The number of hydrogen-bond donors (Lipinski definition) is 2. The van der Waals surface area contributed by atoms with Crippen molar-refractivity contribution in [3.8, 4) is 5.75 Å². The fourth-order valence-electron chi connectivity index (χ4n) is 1.10. The summed E-state index contributed by atoms with van der Waals surface area (Å²) < 4.78 is 50.4. The molecule has 0 amide bonds. The van der Waals surface area contributed by atoms with Gasteiger partial charge in [0.25, 0.3) is 0 Å². The molecule has 2 N–H and O–H groups in total. The van der Waals surface area contributed by atoms with Crippen LogP contribution >= 0.6 is 0 Å². The Kier molecular flexibility index (Phi) is 2.81. The Morgan fingerprint density at radius 1 is 1.06 bits per heavy atom. The maximum absolute atomic E-state index is 13.5. The topological polar surface area (TPSA) is 57.5 Å². The van der Waals surface area contributed by atoms with Gasteiger partial charge in [-0.25, -0.2) is 9.18 Å². The second kappa shape index (κ2) is 3.66. The molecule has 1 rings (SSSR count). The predicted octanol–water partition coefficient (Wildman–Crippen LogP) is 2.20. The molecule has 0 fully saturated rings. The Morgan fingerprint density at radius 3 is 1.81 bits per heavy atom. The summed E-state index contributed by atoms with van der Waals surface area (Å²) in [6, 6.07) is 2.69. The number of carboxylic acid groups (broad SMARTS) is 1. The van der Waals surface area contributed by atoms with Crippen molar-refractivity contribution in [2.24, 2.45) is 0 Å². The van der Waals surface area contributed by atoms with Gasteiger partial charge in [-0.3, -0.25) is 0 Å². The molecule has 88 valence electrons. The van der Waals surface area contributed by atoms with E-state index in [1.54, 1.807) is 0 Å². The lowest BCUT2D eigenvalue weighted by molar-refractivity contribution is -0.240. The van der Waals surface area contributed by atoms with Gasteiger partial charge in [-0.15, -0.1) is 0 Å². The zero-order valence-corrected chi connectivity index (χ0v) is 7.62. The zero-order chi connectivity index (χ0) is 12.6. The molecule has 0 bridgehead atoms. The maximum atomic E-state index is 13.5. The number of phenols is 1. The number of hydrogen-bond acceptors (Lipinski definition) is 2. The van der Waals surface area contributed by atoms with Crippen LogP contribution in [0.1, 0.15) is 5.56 Å². The van der Waals surface area contributed by atoms with Crippen LogP contribution in [0.2, 0.25) is 0 Å². The SMILES string of the molecule is O=C(O)C(F)(c1ccc(O)cc1)C(F)(F)F. The van der Waals surface area contributed by atoms with Gasteiger partial charge in [0.05, 0.1) is 0 Å². The normalized spacial score (nSPS) is 15.5. The first-order chi connectivity index (χ1) is 7.19. The van der Waals surface area contributed by atoms with Crippen molar-refractivity contribution in [1.82, 2.24) is 0 Å². The van der Waals surface area contributed by atoms with E-state index in [1.165, 1.54) is 0 Å². The molecule has 0 spiro atoms. The van der Waals surface area contributed by atoms with Gasteiger partial charge in [-0.2, -0.15) is 13.2 Å². The van der Waals surface area contributed by atoms with Crippen LogP contribution in [0, 0.1) is 0 Å². The molecule has 0 aliphatic rings. The second-order valence-corrected chi connectivity index (χ2v) is 3.01. The van der Waals surface area contributed by atoms with Gasteiger partial charge in [0.15, 0.2) is 0 Å². The Labute approximate surface area is 86.9 Å². The lowest BCUT2D eigenvalue weighted by Crippen LogP contribution is -2.45. The van der Waals surface area contributed by atoms with Crippen molar-refractivity contribution in [1.29, 1.82) is 0 Å². The monoisotopic (exact) mass is 238 g/mol. The summed E-state index contributed by atoms with van der Waals surface area (Å²) in [4.78, 5) is 10.4. The molecule has 0 saturated heterocycles. The van der Waals surface area contributed by atoms with Crippen molar-refractivity contribution in [3.63, 3.8) is 0 Å². The van der Waals surface area contributed by atoms with E-state index in [2.05, 4.69) is 0 Å². The van der Waals surface area contributed by atoms with E-state index in [-0.39, 0.29) is 0 Å². The van der Waals surface area contributed by atoms with Crippen molar-refractivity contribution in [2.75, 3.05) is 0 Å². The third-order valence-electron chi connectivity index (χ3n) is 1.95. The van der Waals surface area contributed by atoms with Crippen molar-refractivity contribution in [3.05, 3.63) is 29.8 Å². The minimum absolute atomic E-state index is 0.390. The summed E-state index contributed by atoms with van der Waals surface area (Å²) in [5.74, 6) is -3.04. The molecule has 1 atom stereocenters. The van der Waals surface area contributed by atoms with Crippen LogP contribution in [0.25, 0.3) is 0 Å². The quantitative estimate of drug-likeness (QED) is 0.776. The number of aromatic hydroxyl groups is 1. The number of carboxylic acids is 1. The first-order valence-electron chi connectivity index (χ1n) is 3.98. The highest BCUT2D eigenvalue weighted by molar-refractivity contribution is 5.80. The largest absolute Gasteiger partial charge is 0.508 e. The first kappa shape index (κ1) is 12.3. The molecule has 0 heterocycles. The van der Waals surface area contributed by atoms with Crippen LogP contribution in [-0.2, 0) is 10.5 Å². The summed E-state index contributed by atoms with van der Waals surface area (Å²) in [7, 11) is 0. The van der Waals surface area contributed by atoms with Gasteiger partial charge in [0.2, 0.25) is 0 Å². The molecular weight excluding hydrogens is 232 g/mol. The number of carbonyl (C=O) groups is 1. The lowest BCUT2D eigenvalue weighted by atomic mass is 9.95. The summed E-state index contributed by atoms with van der Waals surface area (Å²) in [6.07, 6.45) is -5.57. The smallest absolute Gasteiger partial charge is 0.437 e. The van der Waals surface area contributed by atoms with Gasteiger partial charge < -0.3 is 10.2 Å². The van der Waals surface area contributed by atoms with Gasteiger partial charge in [-0.1, -0.05) is 12.1 Å². The Balaban J connectivity index is 3.34. The first-order valence-corrected chi connectivity index (χ1v) is 3.98. The molecule has 3 nitrogen and oxygen atoms in total. The summed E-state index contributed by atoms with van der Waals surface area (Å²) in [6.45, 7) is 0. The van der Waals surface area contributed by atoms with Gasteiger partial charge >= 0.3 is 17.8 Å². The van der Waals surface area contributed by atoms with E-state index in [9.17, 15) is 22.4 Å². The van der Waals surface area contributed by atoms with Crippen LogP contribution < -0.4 is 0 Å². The Hall–Kier alpha value is -1.79. The summed E-state index contributed by atoms with van der Waals surface area (Å²) >= 11 is 0. The molecule has 0 aromatic heterocycles. The second-order valence-electron chi connectivity index (χ2n) is 3.01. The minimum atomic E-state index is -5.57. The van der Waals surface area contributed by atoms with E-state index in [0.717, 1.165) is 12.1 Å². The molecule has 0 radical (unpaired) electrons. The standard InChI is InChI=1S/C9H6F4O3/c10-8(7(15)16,9(11,12)13)5-1-3-6(14)4-2-5/h1-4,14H,(H,15,16). The van der Waals surface area contributed by atoms with Gasteiger partial charge in [0, 0.05) is 5.56 Å². The highest BCUT2D eigenvalue weighted by Gasteiger charge is 2.63. The minimum Gasteiger partial charge on any atom is -0.508 e.